The smallest absolute Gasteiger partial charge is 0.126 e. The Kier molecular flexibility index (Phi) is 4.68. The number of methoxy groups -OCH3 is 1. The van der Waals surface area contributed by atoms with Gasteiger partial charge >= 0.3 is 0 Å². The summed E-state index contributed by atoms with van der Waals surface area (Å²) in [5.74, 6) is 0.601. The van der Waals surface area contributed by atoms with Crippen molar-refractivity contribution >= 4 is 11.6 Å². The van der Waals surface area contributed by atoms with E-state index in [1.54, 1.807) is 25.3 Å². The number of aryl methyl sites for hydroxylation is 2. The molecule has 0 amide bonds. The van der Waals surface area contributed by atoms with Gasteiger partial charge in [0.25, 0.3) is 0 Å². The molecule has 108 valence electrons. The normalized spacial score (nSPS) is 12.4. The molecule has 2 aromatic rings. The monoisotopic (exact) mass is 294 g/mol. The molecule has 1 unspecified atom stereocenters. The van der Waals surface area contributed by atoms with Gasteiger partial charge in [0.05, 0.1) is 18.9 Å². The molecule has 0 saturated carbocycles. The molecule has 5 heteroatoms. The summed E-state index contributed by atoms with van der Waals surface area (Å²) in [6.07, 6.45) is -0.157. The van der Waals surface area contributed by atoms with Gasteiger partial charge in [-0.05, 0) is 32.0 Å². The Bertz CT molecular complexity index is 596. The Morgan fingerprint density at radius 3 is 2.80 bits per heavy atom. The fourth-order valence-electron chi connectivity index (χ4n) is 2.31. The van der Waals surface area contributed by atoms with Crippen LogP contribution in [0, 0.1) is 6.92 Å². The van der Waals surface area contributed by atoms with Crippen molar-refractivity contribution in [3.05, 3.63) is 46.2 Å². The largest absolute Gasteiger partial charge is 0.496 e. The third kappa shape index (κ3) is 3.14. The van der Waals surface area contributed by atoms with Crippen LogP contribution in [0.15, 0.2) is 24.3 Å². The van der Waals surface area contributed by atoms with Gasteiger partial charge < -0.3 is 9.84 Å². The summed E-state index contributed by atoms with van der Waals surface area (Å²) in [6, 6.07) is 7.26. The zero-order chi connectivity index (χ0) is 14.7. The summed E-state index contributed by atoms with van der Waals surface area (Å²) in [7, 11) is 1.57. The van der Waals surface area contributed by atoms with Gasteiger partial charge in [-0.15, -0.1) is 0 Å². The van der Waals surface area contributed by atoms with Gasteiger partial charge in [-0.1, -0.05) is 17.7 Å². The Labute approximate surface area is 123 Å². The van der Waals surface area contributed by atoms with E-state index in [9.17, 15) is 5.11 Å². The maximum Gasteiger partial charge on any atom is 0.126 e. The van der Waals surface area contributed by atoms with Gasteiger partial charge in [0.2, 0.25) is 0 Å². The van der Waals surface area contributed by atoms with E-state index in [0.717, 1.165) is 23.5 Å². The van der Waals surface area contributed by atoms with Crippen molar-refractivity contribution < 1.29 is 9.84 Å². The van der Waals surface area contributed by atoms with E-state index in [4.69, 9.17) is 16.3 Å². The van der Waals surface area contributed by atoms with Gasteiger partial charge in [0.15, 0.2) is 0 Å². The molecule has 20 heavy (non-hydrogen) atoms. The van der Waals surface area contributed by atoms with Gasteiger partial charge in [-0.3, -0.25) is 4.68 Å². The molecule has 1 atom stereocenters. The predicted molar refractivity (Wildman–Crippen MR) is 79.3 cm³/mol. The van der Waals surface area contributed by atoms with Crippen molar-refractivity contribution in [2.24, 2.45) is 0 Å². The molecule has 2 rings (SSSR count). The molecule has 1 heterocycles. The average molecular weight is 295 g/mol. The Balaban J connectivity index is 2.25. The lowest BCUT2D eigenvalue weighted by molar-refractivity contribution is 0.171. The molecule has 0 bridgehead atoms. The van der Waals surface area contributed by atoms with Crippen LogP contribution >= 0.6 is 11.6 Å². The topological polar surface area (TPSA) is 47.3 Å². The molecule has 1 N–H and O–H groups in total. The highest BCUT2D eigenvalue weighted by molar-refractivity contribution is 6.30. The van der Waals surface area contributed by atoms with Crippen LogP contribution in [0.5, 0.6) is 5.75 Å². The number of hydrogen-bond donors (Lipinski definition) is 1. The SMILES string of the molecule is CCn1nc(C)cc1CC(O)c1ccc(Cl)cc1OC. The van der Waals surface area contributed by atoms with Crippen molar-refractivity contribution in [3.8, 4) is 5.75 Å². The lowest BCUT2D eigenvalue weighted by atomic mass is 10.0. The molecule has 0 radical (unpaired) electrons. The van der Waals surface area contributed by atoms with Crippen LogP contribution in [-0.2, 0) is 13.0 Å². The minimum atomic E-state index is -0.649. The number of aliphatic hydroxyl groups is 1. The molecule has 1 aromatic heterocycles. The maximum atomic E-state index is 10.4. The Hall–Kier alpha value is -1.52. The zero-order valence-electron chi connectivity index (χ0n) is 11.9. The molecule has 0 saturated heterocycles. The second-order valence-corrected chi connectivity index (χ2v) is 5.14. The first-order valence-corrected chi connectivity index (χ1v) is 6.97. The van der Waals surface area contributed by atoms with Crippen molar-refractivity contribution in [3.63, 3.8) is 0 Å². The average Bonchev–Trinajstić information content (AvgIpc) is 2.78. The molecule has 0 fully saturated rings. The van der Waals surface area contributed by atoms with Crippen molar-refractivity contribution in [2.75, 3.05) is 7.11 Å². The van der Waals surface area contributed by atoms with Gasteiger partial charge in [0.1, 0.15) is 5.75 Å². The number of halogens is 1. The van der Waals surface area contributed by atoms with E-state index < -0.39 is 6.10 Å². The predicted octanol–water partition coefficient (Wildman–Crippen LogP) is 3.15. The number of aliphatic hydroxyl groups excluding tert-OH is 1. The third-order valence-corrected chi connectivity index (χ3v) is 3.48. The Morgan fingerprint density at radius 1 is 1.40 bits per heavy atom. The first kappa shape index (κ1) is 14.9. The van der Waals surface area contributed by atoms with Crippen LogP contribution in [-0.4, -0.2) is 22.0 Å². The first-order chi connectivity index (χ1) is 9.55. The lowest BCUT2D eigenvalue weighted by Crippen LogP contribution is -2.09. The molecule has 4 nitrogen and oxygen atoms in total. The Morgan fingerprint density at radius 2 is 2.15 bits per heavy atom. The number of rotatable bonds is 5. The first-order valence-electron chi connectivity index (χ1n) is 6.60. The number of ether oxygens (including phenoxy) is 1. The van der Waals surface area contributed by atoms with Crippen molar-refractivity contribution in [1.29, 1.82) is 0 Å². The van der Waals surface area contributed by atoms with Crippen LogP contribution in [0.3, 0.4) is 0 Å². The minimum Gasteiger partial charge on any atom is -0.496 e. The second kappa shape index (κ2) is 6.29. The number of hydrogen-bond acceptors (Lipinski definition) is 3. The standard InChI is InChI=1S/C15H19ClN2O2/c1-4-18-12(7-10(2)17-18)9-14(19)13-6-5-11(16)8-15(13)20-3/h5-8,14,19H,4,9H2,1-3H3. The van der Waals surface area contributed by atoms with Gasteiger partial charge in [-0.2, -0.15) is 5.10 Å². The summed E-state index contributed by atoms with van der Waals surface area (Å²) in [4.78, 5) is 0. The summed E-state index contributed by atoms with van der Waals surface area (Å²) < 4.78 is 7.18. The molecular formula is C15H19ClN2O2. The fourth-order valence-corrected chi connectivity index (χ4v) is 2.47. The molecular weight excluding hydrogens is 276 g/mol. The summed E-state index contributed by atoms with van der Waals surface area (Å²) in [6.45, 7) is 4.77. The zero-order valence-corrected chi connectivity index (χ0v) is 12.7. The fraction of sp³-hybridized carbons (Fsp3) is 0.400. The quantitative estimate of drug-likeness (QED) is 0.921. The summed E-state index contributed by atoms with van der Waals surface area (Å²) >= 11 is 5.94. The van der Waals surface area contributed by atoms with Crippen LogP contribution in [0.25, 0.3) is 0 Å². The van der Waals surface area contributed by atoms with Crippen LogP contribution < -0.4 is 4.74 Å². The maximum absolute atomic E-state index is 10.4. The highest BCUT2D eigenvalue weighted by atomic mass is 35.5. The molecule has 0 aliphatic carbocycles. The van der Waals surface area contributed by atoms with Crippen molar-refractivity contribution in [2.45, 2.75) is 32.9 Å². The van der Waals surface area contributed by atoms with Crippen molar-refractivity contribution in [1.82, 2.24) is 9.78 Å². The molecule has 0 spiro atoms. The molecule has 1 aromatic carbocycles. The van der Waals surface area contributed by atoms with E-state index in [0.29, 0.717) is 17.2 Å². The van der Waals surface area contributed by atoms with Crippen LogP contribution in [0.2, 0.25) is 5.02 Å². The van der Waals surface area contributed by atoms with E-state index in [1.165, 1.54) is 0 Å². The third-order valence-electron chi connectivity index (χ3n) is 3.24. The lowest BCUT2D eigenvalue weighted by Gasteiger charge is -2.15. The van der Waals surface area contributed by atoms with E-state index in [1.807, 2.05) is 24.6 Å². The highest BCUT2D eigenvalue weighted by Gasteiger charge is 2.16. The van der Waals surface area contributed by atoms with Gasteiger partial charge in [-0.25, -0.2) is 0 Å². The van der Waals surface area contributed by atoms with E-state index in [-0.39, 0.29) is 0 Å². The number of aromatic nitrogens is 2. The number of benzene rings is 1. The summed E-state index contributed by atoms with van der Waals surface area (Å²) in [5, 5.41) is 15.4. The molecule has 0 aliphatic rings. The molecule has 0 aliphatic heterocycles. The minimum absolute atomic E-state index is 0.493. The van der Waals surface area contributed by atoms with E-state index >= 15 is 0 Å². The van der Waals surface area contributed by atoms with Crippen LogP contribution in [0.1, 0.15) is 30.0 Å². The number of nitrogens with zero attached hydrogens (tertiary/aromatic N) is 2. The summed E-state index contributed by atoms with van der Waals surface area (Å²) in [5.41, 5.74) is 2.70. The second-order valence-electron chi connectivity index (χ2n) is 4.70. The van der Waals surface area contributed by atoms with Gasteiger partial charge in [0, 0.05) is 29.2 Å². The van der Waals surface area contributed by atoms with E-state index in [2.05, 4.69) is 5.10 Å². The highest BCUT2D eigenvalue weighted by Crippen LogP contribution is 2.30. The van der Waals surface area contributed by atoms with Crippen LogP contribution in [0.4, 0.5) is 0 Å².